The highest BCUT2D eigenvalue weighted by Crippen LogP contribution is 2.30. The molecule has 0 fully saturated rings. The van der Waals surface area contributed by atoms with Crippen molar-refractivity contribution in [2.45, 2.75) is 20.5 Å². The number of alkyl halides is 2. The molecule has 0 aliphatic carbocycles. The molecule has 9 heteroatoms. The number of ether oxygens (including phenoxy) is 4. The summed E-state index contributed by atoms with van der Waals surface area (Å²) in [5, 5.41) is 2.60. The lowest BCUT2D eigenvalue weighted by Crippen LogP contribution is -2.21. The Kier molecular flexibility index (Phi) is 8.20. The van der Waals surface area contributed by atoms with E-state index in [9.17, 15) is 18.4 Å². The molecule has 29 heavy (non-hydrogen) atoms. The van der Waals surface area contributed by atoms with E-state index < -0.39 is 25.1 Å². The molecule has 2 aromatic carbocycles. The van der Waals surface area contributed by atoms with Crippen LogP contribution in [-0.2, 0) is 9.53 Å². The first kappa shape index (κ1) is 21.9. The van der Waals surface area contributed by atoms with Crippen LogP contribution in [0.15, 0.2) is 42.5 Å². The molecular weight excluding hydrogens is 388 g/mol. The van der Waals surface area contributed by atoms with Crippen molar-refractivity contribution in [3.05, 3.63) is 48.0 Å². The Morgan fingerprint density at radius 3 is 2.34 bits per heavy atom. The van der Waals surface area contributed by atoms with Crippen LogP contribution in [0.4, 0.5) is 14.5 Å². The third kappa shape index (κ3) is 6.63. The third-order valence-corrected chi connectivity index (χ3v) is 3.49. The van der Waals surface area contributed by atoms with Crippen LogP contribution in [0.5, 0.6) is 17.2 Å². The summed E-state index contributed by atoms with van der Waals surface area (Å²) in [6.45, 7) is 0.499. The maximum absolute atomic E-state index is 12.4. The van der Waals surface area contributed by atoms with E-state index in [4.69, 9.17) is 14.2 Å². The quantitative estimate of drug-likeness (QED) is 0.600. The molecule has 1 amide bonds. The summed E-state index contributed by atoms with van der Waals surface area (Å²) in [7, 11) is 0. The summed E-state index contributed by atoms with van der Waals surface area (Å²) < 4.78 is 44.8. The highest BCUT2D eigenvalue weighted by molar-refractivity contribution is 5.96. The molecule has 0 unspecified atom stereocenters. The van der Waals surface area contributed by atoms with Gasteiger partial charge >= 0.3 is 12.6 Å². The lowest BCUT2D eigenvalue weighted by atomic mass is 10.2. The van der Waals surface area contributed by atoms with E-state index >= 15 is 0 Å². The van der Waals surface area contributed by atoms with Gasteiger partial charge in [0, 0.05) is 0 Å². The lowest BCUT2D eigenvalue weighted by molar-refractivity contribution is -0.119. The van der Waals surface area contributed by atoms with Crippen LogP contribution in [-0.4, -0.2) is 38.3 Å². The summed E-state index contributed by atoms with van der Waals surface area (Å²) >= 11 is 0. The van der Waals surface area contributed by atoms with Crippen molar-refractivity contribution in [2.24, 2.45) is 0 Å². The number of esters is 1. The first-order chi connectivity index (χ1) is 13.9. The minimum Gasteiger partial charge on any atom is -0.492 e. The van der Waals surface area contributed by atoms with Gasteiger partial charge in [-0.25, -0.2) is 4.79 Å². The van der Waals surface area contributed by atoms with Crippen molar-refractivity contribution in [1.82, 2.24) is 0 Å². The average Bonchev–Trinajstić information content (AvgIpc) is 2.69. The predicted molar refractivity (Wildman–Crippen MR) is 101 cm³/mol. The standard InChI is InChI=1S/C20H21F2NO6/c1-3-26-15-8-6-5-7-14(15)23-18(24)12-28-19(25)13-9-10-16(29-20(21)22)17(11-13)27-4-2/h5-11,20H,3-4,12H2,1-2H3,(H,23,24). The zero-order valence-corrected chi connectivity index (χ0v) is 15.9. The van der Waals surface area contributed by atoms with E-state index in [0.29, 0.717) is 18.0 Å². The van der Waals surface area contributed by atoms with Gasteiger partial charge in [0.1, 0.15) is 5.75 Å². The fraction of sp³-hybridized carbons (Fsp3) is 0.300. The lowest BCUT2D eigenvalue weighted by Gasteiger charge is -2.13. The zero-order valence-electron chi connectivity index (χ0n) is 15.9. The van der Waals surface area contributed by atoms with Gasteiger partial charge in [0.05, 0.1) is 24.5 Å². The van der Waals surface area contributed by atoms with Crippen molar-refractivity contribution in [3.8, 4) is 17.2 Å². The summed E-state index contributed by atoms with van der Waals surface area (Å²) in [5.41, 5.74) is 0.472. The maximum atomic E-state index is 12.4. The molecule has 0 atom stereocenters. The predicted octanol–water partition coefficient (Wildman–Crippen LogP) is 3.88. The third-order valence-electron chi connectivity index (χ3n) is 3.49. The zero-order chi connectivity index (χ0) is 21.2. The molecule has 0 heterocycles. The fourth-order valence-corrected chi connectivity index (χ4v) is 2.35. The topological polar surface area (TPSA) is 83.1 Å². The number of nitrogens with one attached hydrogen (secondary N) is 1. The van der Waals surface area contributed by atoms with Gasteiger partial charge in [-0.2, -0.15) is 8.78 Å². The van der Waals surface area contributed by atoms with Crippen molar-refractivity contribution >= 4 is 17.6 Å². The second kappa shape index (κ2) is 10.8. The summed E-state index contributed by atoms with van der Waals surface area (Å²) in [4.78, 5) is 24.3. The van der Waals surface area contributed by atoms with Gasteiger partial charge in [0.2, 0.25) is 0 Å². The minimum absolute atomic E-state index is 0.0255. The van der Waals surface area contributed by atoms with Crippen LogP contribution < -0.4 is 19.5 Å². The number of anilines is 1. The average molecular weight is 409 g/mol. The molecule has 0 aromatic heterocycles. The Labute approximate surface area is 166 Å². The molecular formula is C20H21F2NO6. The molecule has 0 saturated carbocycles. The van der Waals surface area contributed by atoms with Crippen molar-refractivity contribution < 1.29 is 37.3 Å². The van der Waals surface area contributed by atoms with Gasteiger partial charge in [0.25, 0.3) is 5.91 Å². The van der Waals surface area contributed by atoms with Crippen LogP contribution in [0, 0.1) is 0 Å². The first-order valence-electron chi connectivity index (χ1n) is 8.85. The van der Waals surface area contributed by atoms with E-state index in [0.717, 1.165) is 0 Å². The second-order valence-electron chi connectivity index (χ2n) is 5.53. The fourth-order valence-electron chi connectivity index (χ4n) is 2.35. The molecule has 0 spiro atoms. The van der Waals surface area contributed by atoms with Gasteiger partial charge < -0.3 is 24.3 Å². The van der Waals surface area contributed by atoms with E-state index in [1.54, 1.807) is 31.2 Å². The Morgan fingerprint density at radius 1 is 0.966 bits per heavy atom. The summed E-state index contributed by atoms with van der Waals surface area (Å²) in [6, 6.07) is 10.5. The van der Waals surface area contributed by atoms with Gasteiger partial charge in [-0.1, -0.05) is 12.1 Å². The molecule has 0 bridgehead atoms. The maximum Gasteiger partial charge on any atom is 0.387 e. The smallest absolute Gasteiger partial charge is 0.387 e. The molecule has 0 saturated heterocycles. The monoisotopic (exact) mass is 409 g/mol. The molecule has 7 nitrogen and oxygen atoms in total. The number of halogens is 2. The highest BCUT2D eigenvalue weighted by atomic mass is 19.3. The largest absolute Gasteiger partial charge is 0.492 e. The minimum atomic E-state index is -3.03. The normalized spacial score (nSPS) is 10.4. The number of amides is 1. The SMILES string of the molecule is CCOc1ccccc1NC(=O)COC(=O)c1ccc(OC(F)F)c(OCC)c1. The molecule has 2 aromatic rings. The number of benzene rings is 2. The Hall–Kier alpha value is -3.36. The van der Waals surface area contributed by atoms with E-state index in [2.05, 4.69) is 10.1 Å². The van der Waals surface area contributed by atoms with Crippen LogP contribution >= 0.6 is 0 Å². The molecule has 0 aliphatic rings. The van der Waals surface area contributed by atoms with Crippen LogP contribution in [0.25, 0.3) is 0 Å². The summed E-state index contributed by atoms with van der Waals surface area (Å²) in [5.74, 6) is -1.12. The van der Waals surface area contributed by atoms with Gasteiger partial charge in [-0.05, 0) is 44.2 Å². The number of rotatable bonds is 10. The van der Waals surface area contributed by atoms with Crippen molar-refractivity contribution in [1.29, 1.82) is 0 Å². The molecule has 156 valence electrons. The Morgan fingerprint density at radius 2 is 1.66 bits per heavy atom. The number of hydrogen-bond acceptors (Lipinski definition) is 6. The van der Waals surface area contributed by atoms with Crippen molar-refractivity contribution in [3.63, 3.8) is 0 Å². The molecule has 0 aliphatic heterocycles. The van der Waals surface area contributed by atoms with Crippen molar-refractivity contribution in [2.75, 3.05) is 25.1 Å². The number of carbonyl (C=O) groups excluding carboxylic acids is 2. The number of carbonyl (C=O) groups is 2. The molecule has 2 rings (SSSR count). The van der Waals surface area contributed by atoms with Gasteiger partial charge in [0.15, 0.2) is 18.1 Å². The number of para-hydroxylation sites is 2. The van der Waals surface area contributed by atoms with Crippen LogP contribution in [0.2, 0.25) is 0 Å². The van der Waals surface area contributed by atoms with E-state index in [-0.39, 0.29) is 23.7 Å². The number of hydrogen-bond donors (Lipinski definition) is 1. The van der Waals surface area contributed by atoms with Crippen LogP contribution in [0.3, 0.4) is 0 Å². The Bertz CT molecular complexity index is 843. The van der Waals surface area contributed by atoms with Crippen LogP contribution in [0.1, 0.15) is 24.2 Å². The van der Waals surface area contributed by atoms with Gasteiger partial charge in [-0.15, -0.1) is 0 Å². The first-order valence-corrected chi connectivity index (χ1v) is 8.85. The highest BCUT2D eigenvalue weighted by Gasteiger charge is 2.17. The van der Waals surface area contributed by atoms with E-state index in [1.165, 1.54) is 18.2 Å². The summed E-state index contributed by atoms with van der Waals surface area (Å²) in [6.07, 6.45) is 0. The van der Waals surface area contributed by atoms with Gasteiger partial charge in [-0.3, -0.25) is 4.79 Å². The second-order valence-corrected chi connectivity index (χ2v) is 5.53. The molecule has 1 N–H and O–H groups in total. The Balaban J connectivity index is 1.99. The van der Waals surface area contributed by atoms with E-state index in [1.807, 2.05) is 6.92 Å². The molecule has 0 radical (unpaired) electrons.